The van der Waals surface area contributed by atoms with Gasteiger partial charge in [-0.2, -0.15) is 0 Å². The molecule has 0 amide bonds. The highest BCUT2D eigenvalue weighted by Crippen LogP contribution is 2.35. The van der Waals surface area contributed by atoms with E-state index in [1.54, 1.807) is 0 Å². The third-order valence-electron chi connectivity index (χ3n) is 5.19. The zero-order chi connectivity index (χ0) is 18.6. The number of halogens is 1. The normalized spacial score (nSPS) is 15.3. The summed E-state index contributed by atoms with van der Waals surface area (Å²) in [5.41, 5.74) is 2.47. The van der Waals surface area contributed by atoms with Gasteiger partial charge < -0.3 is 14.0 Å². The Bertz CT molecular complexity index is 899. The Morgan fingerprint density at radius 2 is 1.78 bits per heavy atom. The zero-order valence-electron chi connectivity index (χ0n) is 15.7. The number of fused-ring (bicyclic) bond motifs is 1. The summed E-state index contributed by atoms with van der Waals surface area (Å²) in [6, 6.07) is 16.1. The molecule has 1 saturated heterocycles. The Balaban J connectivity index is 1.58. The van der Waals surface area contributed by atoms with Crippen molar-refractivity contribution in [2.24, 2.45) is 7.05 Å². The number of aryl methyl sites for hydroxylation is 2. The minimum atomic E-state index is 0.713. The first-order chi connectivity index (χ1) is 13.2. The summed E-state index contributed by atoms with van der Waals surface area (Å²) < 4.78 is 13.9. The van der Waals surface area contributed by atoms with Crippen LogP contribution in [-0.2, 0) is 18.2 Å². The molecule has 0 spiro atoms. The van der Waals surface area contributed by atoms with Gasteiger partial charge in [-0.1, -0.05) is 29.8 Å². The molecule has 0 saturated carbocycles. The van der Waals surface area contributed by atoms with Crippen molar-refractivity contribution in [1.82, 2.24) is 9.47 Å². The molecule has 1 aromatic heterocycles. The van der Waals surface area contributed by atoms with Gasteiger partial charge in [0.2, 0.25) is 5.88 Å². The van der Waals surface area contributed by atoms with Crippen LogP contribution >= 0.6 is 11.6 Å². The van der Waals surface area contributed by atoms with Crippen molar-refractivity contribution in [3.63, 3.8) is 0 Å². The maximum absolute atomic E-state index is 6.29. The van der Waals surface area contributed by atoms with Crippen LogP contribution in [0.3, 0.4) is 0 Å². The van der Waals surface area contributed by atoms with Gasteiger partial charge in [0.1, 0.15) is 5.75 Å². The molecule has 4 rings (SSSR count). The number of rotatable bonds is 6. The Kier molecular flexibility index (Phi) is 5.67. The van der Waals surface area contributed by atoms with E-state index in [-0.39, 0.29) is 0 Å². The highest BCUT2D eigenvalue weighted by molar-refractivity contribution is 6.30. The summed E-state index contributed by atoms with van der Waals surface area (Å²) in [5.74, 6) is 1.72. The van der Waals surface area contributed by atoms with Crippen LogP contribution in [0.2, 0.25) is 5.02 Å². The van der Waals surface area contributed by atoms with Crippen LogP contribution in [0, 0.1) is 0 Å². The van der Waals surface area contributed by atoms with Crippen molar-refractivity contribution >= 4 is 22.5 Å². The lowest BCUT2D eigenvalue weighted by Crippen LogP contribution is -2.36. The predicted octanol–water partition coefficient (Wildman–Crippen LogP) is 4.89. The molecule has 0 bridgehead atoms. The van der Waals surface area contributed by atoms with Gasteiger partial charge in [-0.15, -0.1) is 0 Å². The summed E-state index contributed by atoms with van der Waals surface area (Å²) >= 11 is 6.01. The van der Waals surface area contributed by atoms with Gasteiger partial charge in [0.15, 0.2) is 0 Å². The van der Waals surface area contributed by atoms with E-state index in [0.717, 1.165) is 57.3 Å². The van der Waals surface area contributed by atoms with E-state index in [0.29, 0.717) is 5.02 Å². The van der Waals surface area contributed by atoms with E-state index in [4.69, 9.17) is 21.1 Å². The zero-order valence-corrected chi connectivity index (χ0v) is 16.4. The molecule has 1 fully saturated rings. The third-order valence-corrected chi connectivity index (χ3v) is 5.44. The molecular formula is C22H25ClN2O2. The van der Waals surface area contributed by atoms with Crippen LogP contribution in [0.15, 0.2) is 48.5 Å². The number of nitrogens with zero attached hydrogens (tertiary/aromatic N) is 2. The fourth-order valence-corrected chi connectivity index (χ4v) is 3.86. The van der Waals surface area contributed by atoms with Crippen molar-refractivity contribution in [2.75, 3.05) is 32.8 Å². The molecule has 27 heavy (non-hydrogen) atoms. The van der Waals surface area contributed by atoms with Crippen LogP contribution in [-0.4, -0.2) is 42.3 Å². The van der Waals surface area contributed by atoms with Crippen LogP contribution < -0.4 is 4.74 Å². The van der Waals surface area contributed by atoms with Gasteiger partial charge in [0.05, 0.1) is 18.7 Å². The summed E-state index contributed by atoms with van der Waals surface area (Å²) in [7, 11) is 2.07. The lowest BCUT2D eigenvalue weighted by atomic mass is 10.1. The van der Waals surface area contributed by atoms with Crippen LogP contribution in [0.1, 0.15) is 12.0 Å². The average Bonchev–Trinajstić information content (AvgIpc) is 2.97. The summed E-state index contributed by atoms with van der Waals surface area (Å²) in [6.45, 7) is 4.85. The first kappa shape index (κ1) is 18.4. The smallest absolute Gasteiger partial charge is 0.204 e. The second-order valence-corrected chi connectivity index (χ2v) is 7.41. The van der Waals surface area contributed by atoms with Crippen molar-refractivity contribution in [1.29, 1.82) is 0 Å². The van der Waals surface area contributed by atoms with Crippen LogP contribution in [0.25, 0.3) is 10.9 Å². The first-order valence-electron chi connectivity index (χ1n) is 9.52. The standard InChI is InChI=1S/C22H25ClN2O2/c1-24-21-7-3-2-5-19(21)20(6-4-12-25-13-15-26-16-14-25)22(24)27-18-10-8-17(23)9-11-18/h2-3,5,7-11H,4,6,12-16H2,1H3. The van der Waals surface area contributed by atoms with E-state index < -0.39 is 0 Å². The molecule has 0 unspecified atom stereocenters. The molecule has 4 nitrogen and oxygen atoms in total. The fraction of sp³-hybridized carbons (Fsp3) is 0.364. The molecule has 0 atom stereocenters. The van der Waals surface area contributed by atoms with Crippen molar-refractivity contribution in [3.8, 4) is 11.6 Å². The predicted molar refractivity (Wildman–Crippen MR) is 110 cm³/mol. The van der Waals surface area contributed by atoms with Crippen molar-refractivity contribution in [3.05, 3.63) is 59.1 Å². The van der Waals surface area contributed by atoms with Gasteiger partial charge >= 0.3 is 0 Å². The Hall–Kier alpha value is -2.01. The fourth-order valence-electron chi connectivity index (χ4n) is 3.74. The second kappa shape index (κ2) is 8.34. The number of ether oxygens (including phenoxy) is 2. The second-order valence-electron chi connectivity index (χ2n) is 6.97. The summed E-state index contributed by atoms with van der Waals surface area (Å²) in [4.78, 5) is 2.48. The lowest BCUT2D eigenvalue weighted by molar-refractivity contribution is 0.0374. The van der Waals surface area contributed by atoms with Gasteiger partial charge in [-0.05, 0) is 49.7 Å². The molecule has 0 N–H and O–H groups in total. The largest absolute Gasteiger partial charge is 0.441 e. The average molecular weight is 385 g/mol. The van der Waals surface area contributed by atoms with E-state index in [2.05, 4.69) is 40.8 Å². The molecule has 3 aromatic rings. The number of benzene rings is 2. The topological polar surface area (TPSA) is 26.6 Å². The van der Waals surface area contributed by atoms with E-state index in [9.17, 15) is 0 Å². The van der Waals surface area contributed by atoms with E-state index >= 15 is 0 Å². The third kappa shape index (κ3) is 4.13. The number of aromatic nitrogens is 1. The van der Waals surface area contributed by atoms with Crippen LogP contribution in [0.5, 0.6) is 11.6 Å². The van der Waals surface area contributed by atoms with E-state index in [1.807, 2.05) is 24.3 Å². The molecule has 1 aliphatic heterocycles. The molecule has 1 aliphatic rings. The number of para-hydroxylation sites is 1. The highest BCUT2D eigenvalue weighted by Gasteiger charge is 2.18. The monoisotopic (exact) mass is 384 g/mol. The number of hydrogen-bond acceptors (Lipinski definition) is 3. The lowest BCUT2D eigenvalue weighted by Gasteiger charge is -2.26. The molecule has 2 aromatic carbocycles. The Morgan fingerprint density at radius 3 is 2.56 bits per heavy atom. The SMILES string of the molecule is Cn1c(Oc2ccc(Cl)cc2)c(CCCN2CCOCC2)c2ccccc21. The van der Waals surface area contributed by atoms with Crippen LogP contribution in [0.4, 0.5) is 0 Å². The van der Waals surface area contributed by atoms with Crippen molar-refractivity contribution in [2.45, 2.75) is 12.8 Å². The summed E-state index contributed by atoms with van der Waals surface area (Å²) in [6.07, 6.45) is 2.09. The Morgan fingerprint density at radius 1 is 1.04 bits per heavy atom. The molecule has 0 radical (unpaired) electrons. The van der Waals surface area contributed by atoms with Gasteiger partial charge in [-0.3, -0.25) is 4.90 Å². The minimum absolute atomic E-state index is 0.713. The first-order valence-corrected chi connectivity index (χ1v) is 9.90. The quantitative estimate of drug-likeness (QED) is 0.605. The molecule has 142 valence electrons. The number of morpholine rings is 1. The highest BCUT2D eigenvalue weighted by atomic mass is 35.5. The van der Waals surface area contributed by atoms with Gasteiger partial charge in [0.25, 0.3) is 0 Å². The van der Waals surface area contributed by atoms with E-state index in [1.165, 1.54) is 16.5 Å². The Labute approximate surface area is 165 Å². The number of hydrogen-bond donors (Lipinski definition) is 0. The van der Waals surface area contributed by atoms with Gasteiger partial charge in [0, 0.05) is 36.1 Å². The molecule has 0 aliphatic carbocycles. The maximum atomic E-state index is 6.29. The molecule has 2 heterocycles. The van der Waals surface area contributed by atoms with Crippen molar-refractivity contribution < 1.29 is 9.47 Å². The molecule has 5 heteroatoms. The maximum Gasteiger partial charge on any atom is 0.204 e. The summed E-state index contributed by atoms with van der Waals surface area (Å²) in [5, 5.41) is 1.98. The molecular weight excluding hydrogens is 360 g/mol. The van der Waals surface area contributed by atoms with Gasteiger partial charge in [-0.25, -0.2) is 0 Å². The minimum Gasteiger partial charge on any atom is -0.441 e.